The summed E-state index contributed by atoms with van der Waals surface area (Å²) < 4.78 is 10.8. The molecule has 20 heavy (non-hydrogen) atoms. The molecule has 0 rings (SSSR count). The highest BCUT2D eigenvalue weighted by atomic mass is 16.7. The van der Waals surface area contributed by atoms with E-state index < -0.39 is 30.1 Å². The Labute approximate surface area is 120 Å². The molecule has 1 unspecified atom stereocenters. The van der Waals surface area contributed by atoms with Gasteiger partial charge < -0.3 is 19.7 Å². The highest BCUT2D eigenvalue weighted by Gasteiger charge is 2.40. The van der Waals surface area contributed by atoms with Gasteiger partial charge in [-0.1, -0.05) is 26.2 Å². The maximum Gasteiger partial charge on any atom is 0.318 e. The van der Waals surface area contributed by atoms with Gasteiger partial charge in [-0.15, -0.1) is 0 Å². The molecule has 0 aliphatic carbocycles. The van der Waals surface area contributed by atoms with E-state index in [9.17, 15) is 9.59 Å². The molecule has 0 amide bonds. The molecule has 6 nitrogen and oxygen atoms in total. The Balaban J connectivity index is 5.07. The van der Waals surface area contributed by atoms with Crippen LogP contribution in [0.5, 0.6) is 0 Å². The van der Waals surface area contributed by atoms with Gasteiger partial charge in [0.15, 0.2) is 12.2 Å². The van der Waals surface area contributed by atoms with Gasteiger partial charge in [0, 0.05) is 19.1 Å². The molecule has 0 radical (unpaired) electrons. The Morgan fingerprint density at radius 3 is 1.80 bits per heavy atom. The molecule has 2 N–H and O–H groups in total. The summed E-state index contributed by atoms with van der Waals surface area (Å²) in [4.78, 5) is 22.5. The fraction of sp³-hybridized carbons (Fsp3) is 0.857. The summed E-state index contributed by atoms with van der Waals surface area (Å²) in [6.07, 6.45) is 2.33. The lowest BCUT2D eigenvalue weighted by atomic mass is 9.87. The Morgan fingerprint density at radius 1 is 0.950 bits per heavy atom. The average Bonchev–Trinajstić information content (AvgIpc) is 2.36. The minimum absolute atomic E-state index is 0.348. The second kappa shape index (κ2) is 10.6. The van der Waals surface area contributed by atoms with E-state index in [1.165, 1.54) is 0 Å². The van der Waals surface area contributed by atoms with Crippen molar-refractivity contribution in [3.8, 4) is 0 Å². The zero-order valence-corrected chi connectivity index (χ0v) is 12.5. The molecule has 118 valence electrons. The van der Waals surface area contributed by atoms with Gasteiger partial charge in [0.25, 0.3) is 0 Å². The molecular formula is C14H26O6. The van der Waals surface area contributed by atoms with Crippen molar-refractivity contribution in [1.82, 2.24) is 0 Å². The first-order valence-corrected chi connectivity index (χ1v) is 7.18. The average molecular weight is 290 g/mol. The van der Waals surface area contributed by atoms with Crippen LogP contribution < -0.4 is 0 Å². The lowest BCUT2D eigenvalue weighted by molar-refractivity contribution is -0.193. The van der Waals surface area contributed by atoms with Crippen LogP contribution in [0.4, 0.5) is 0 Å². The molecular weight excluding hydrogens is 264 g/mol. The molecule has 0 fully saturated rings. The third-order valence-corrected chi connectivity index (χ3v) is 3.11. The minimum atomic E-state index is -1.50. The molecule has 0 spiro atoms. The van der Waals surface area contributed by atoms with Crippen molar-refractivity contribution in [3.63, 3.8) is 0 Å². The van der Waals surface area contributed by atoms with Crippen LogP contribution in [0, 0.1) is 11.8 Å². The molecule has 0 aromatic heterocycles. The maximum atomic E-state index is 11.2. The second-order valence-corrected chi connectivity index (χ2v) is 4.59. The number of aliphatic carboxylic acids is 2. The Bertz CT molecular complexity index is 271. The number of carbonyl (C=O) groups is 2. The summed E-state index contributed by atoms with van der Waals surface area (Å²) >= 11 is 0. The Kier molecular flexibility index (Phi) is 10.0. The van der Waals surface area contributed by atoms with Gasteiger partial charge in [0.05, 0.1) is 0 Å². The van der Waals surface area contributed by atoms with Crippen LogP contribution >= 0.6 is 0 Å². The van der Waals surface area contributed by atoms with Crippen molar-refractivity contribution < 1.29 is 29.3 Å². The number of unbranched alkanes of at least 4 members (excludes halogenated alkanes) is 2. The highest BCUT2D eigenvalue weighted by Crippen LogP contribution is 2.27. The fourth-order valence-corrected chi connectivity index (χ4v) is 2.19. The number of hydrogen-bond acceptors (Lipinski definition) is 4. The van der Waals surface area contributed by atoms with Crippen molar-refractivity contribution in [2.75, 3.05) is 13.2 Å². The number of carboxylic acids is 2. The van der Waals surface area contributed by atoms with E-state index >= 15 is 0 Å². The van der Waals surface area contributed by atoms with Gasteiger partial charge in [0.1, 0.15) is 0 Å². The molecule has 0 aromatic rings. The lowest BCUT2D eigenvalue weighted by Crippen LogP contribution is -2.40. The highest BCUT2D eigenvalue weighted by molar-refractivity contribution is 5.93. The van der Waals surface area contributed by atoms with Gasteiger partial charge in [0.2, 0.25) is 0 Å². The lowest BCUT2D eigenvalue weighted by Gasteiger charge is -2.29. The zero-order valence-electron chi connectivity index (χ0n) is 12.5. The van der Waals surface area contributed by atoms with E-state index in [2.05, 4.69) is 0 Å². The molecule has 0 saturated carbocycles. The summed E-state index contributed by atoms with van der Waals surface area (Å²) in [6, 6.07) is 0. The predicted molar refractivity (Wildman–Crippen MR) is 73.4 cm³/mol. The third-order valence-electron chi connectivity index (χ3n) is 3.11. The van der Waals surface area contributed by atoms with E-state index in [0.29, 0.717) is 19.6 Å². The number of ether oxygens (including phenoxy) is 2. The molecule has 1 atom stereocenters. The molecule has 0 aliphatic heterocycles. The number of carboxylic acid groups (broad SMARTS) is 2. The van der Waals surface area contributed by atoms with Gasteiger partial charge in [-0.3, -0.25) is 9.59 Å². The van der Waals surface area contributed by atoms with E-state index in [1.807, 2.05) is 6.92 Å². The minimum Gasteiger partial charge on any atom is -0.481 e. The molecule has 0 aromatic carbocycles. The van der Waals surface area contributed by atoms with Crippen LogP contribution in [0.2, 0.25) is 0 Å². The SMILES string of the molecule is CCCCCC(C(OCC)OCC)C(C(=O)O)C(=O)O. The molecule has 6 heteroatoms. The van der Waals surface area contributed by atoms with E-state index in [4.69, 9.17) is 19.7 Å². The van der Waals surface area contributed by atoms with Gasteiger partial charge in [-0.05, 0) is 20.3 Å². The van der Waals surface area contributed by atoms with Crippen molar-refractivity contribution >= 4 is 11.9 Å². The van der Waals surface area contributed by atoms with E-state index in [1.54, 1.807) is 13.8 Å². The molecule has 0 bridgehead atoms. The van der Waals surface area contributed by atoms with E-state index in [0.717, 1.165) is 19.3 Å². The topological polar surface area (TPSA) is 93.1 Å². The largest absolute Gasteiger partial charge is 0.481 e. The number of hydrogen-bond donors (Lipinski definition) is 2. The smallest absolute Gasteiger partial charge is 0.318 e. The summed E-state index contributed by atoms with van der Waals surface area (Å²) in [5.41, 5.74) is 0. The fourth-order valence-electron chi connectivity index (χ4n) is 2.19. The molecule has 0 heterocycles. The van der Waals surface area contributed by atoms with Crippen LogP contribution in [-0.2, 0) is 19.1 Å². The van der Waals surface area contributed by atoms with Crippen LogP contribution in [0.25, 0.3) is 0 Å². The van der Waals surface area contributed by atoms with Crippen LogP contribution in [0.3, 0.4) is 0 Å². The van der Waals surface area contributed by atoms with Crippen molar-refractivity contribution in [3.05, 3.63) is 0 Å². The Morgan fingerprint density at radius 2 is 1.45 bits per heavy atom. The first-order valence-electron chi connectivity index (χ1n) is 7.18. The third kappa shape index (κ3) is 6.34. The normalized spacial score (nSPS) is 12.8. The first-order chi connectivity index (χ1) is 9.49. The van der Waals surface area contributed by atoms with Crippen molar-refractivity contribution in [2.45, 2.75) is 52.7 Å². The Hall–Kier alpha value is -1.14. The van der Waals surface area contributed by atoms with E-state index in [-0.39, 0.29) is 0 Å². The van der Waals surface area contributed by atoms with Crippen LogP contribution in [0.1, 0.15) is 46.5 Å². The molecule has 0 aliphatic rings. The standard InChI is InChI=1S/C14H26O6/c1-4-7-8-9-10(11(12(15)16)13(17)18)14(19-5-2)20-6-3/h10-11,14H,4-9H2,1-3H3,(H,15,16)(H,17,18). The summed E-state index contributed by atoms with van der Waals surface area (Å²) in [5.74, 6) is -4.88. The quantitative estimate of drug-likeness (QED) is 0.325. The zero-order chi connectivity index (χ0) is 15.5. The summed E-state index contributed by atoms with van der Waals surface area (Å²) in [5, 5.41) is 18.3. The maximum absolute atomic E-state index is 11.2. The van der Waals surface area contributed by atoms with Gasteiger partial charge in [-0.25, -0.2) is 0 Å². The summed E-state index contributed by atoms with van der Waals surface area (Å²) in [7, 11) is 0. The van der Waals surface area contributed by atoms with Crippen molar-refractivity contribution in [2.24, 2.45) is 11.8 Å². The summed E-state index contributed by atoms with van der Waals surface area (Å²) in [6.45, 7) is 6.27. The van der Waals surface area contributed by atoms with Gasteiger partial charge >= 0.3 is 11.9 Å². The monoisotopic (exact) mass is 290 g/mol. The molecule has 0 saturated heterocycles. The first kappa shape index (κ1) is 18.9. The predicted octanol–water partition coefficient (Wildman–Crippen LogP) is 2.37. The number of rotatable bonds is 12. The van der Waals surface area contributed by atoms with Crippen molar-refractivity contribution in [1.29, 1.82) is 0 Å². The van der Waals surface area contributed by atoms with Gasteiger partial charge in [-0.2, -0.15) is 0 Å². The second-order valence-electron chi connectivity index (χ2n) is 4.59. The van der Waals surface area contributed by atoms with Crippen LogP contribution in [0.15, 0.2) is 0 Å². The van der Waals surface area contributed by atoms with Crippen LogP contribution in [-0.4, -0.2) is 41.7 Å².